The summed E-state index contributed by atoms with van der Waals surface area (Å²) in [4.78, 5) is 46.3. The minimum atomic E-state index is -0.706. The van der Waals surface area contributed by atoms with Crippen LogP contribution in [0.15, 0.2) is 23.7 Å². The molecular weight excluding hydrogens is 476 g/mol. The van der Waals surface area contributed by atoms with Gasteiger partial charge in [-0.1, -0.05) is 39.8 Å². The van der Waals surface area contributed by atoms with Crippen molar-refractivity contribution in [3.8, 4) is 16.2 Å². The first-order valence-electron chi connectivity index (χ1n) is 12.5. The maximum absolute atomic E-state index is 13.6. The third kappa shape index (κ3) is 5.40. The largest absolute Gasteiger partial charge is 0.508 e. The Morgan fingerprint density at radius 2 is 2.00 bits per heavy atom. The van der Waals surface area contributed by atoms with Crippen molar-refractivity contribution in [2.75, 3.05) is 6.54 Å². The van der Waals surface area contributed by atoms with Crippen molar-refractivity contribution in [1.82, 2.24) is 20.5 Å². The average Bonchev–Trinajstić information content (AvgIpc) is 3.20. The normalized spacial score (nSPS) is 19.6. The zero-order valence-electron chi connectivity index (χ0n) is 21.7. The summed E-state index contributed by atoms with van der Waals surface area (Å²) in [5.41, 5.74) is 3.27. The second-order valence-corrected chi connectivity index (χ2v) is 12.2. The Labute approximate surface area is 216 Å². The molecule has 3 N–H and O–H groups in total. The summed E-state index contributed by atoms with van der Waals surface area (Å²) in [7, 11) is 0. The van der Waals surface area contributed by atoms with Crippen molar-refractivity contribution in [3.05, 3.63) is 35.0 Å². The topological polar surface area (TPSA) is 112 Å². The molecule has 0 radical (unpaired) electrons. The van der Waals surface area contributed by atoms with Gasteiger partial charge in [0.25, 0.3) is 0 Å². The molecule has 1 saturated carbocycles. The lowest BCUT2D eigenvalue weighted by Crippen LogP contribution is -2.58. The second-order valence-electron chi connectivity index (χ2n) is 11.4. The van der Waals surface area contributed by atoms with Gasteiger partial charge in [0.05, 0.1) is 16.1 Å². The van der Waals surface area contributed by atoms with Crippen molar-refractivity contribution in [2.45, 2.75) is 78.9 Å². The standard InChI is InChI=1S/C27H36N4O4S/c1-16-21(36-15-29-16)17-8-9-18(20(32)13-17)14-28-23(33)19-7-6-12-31(19)24(34)22(26(2,3)4)30-25(35)27(5)10-11-27/h8-9,13,15,19,22,32H,6-7,10-12,14H2,1-5H3,(H,28,33)(H,30,35). The van der Waals surface area contributed by atoms with E-state index in [1.807, 2.05) is 40.7 Å². The molecule has 1 saturated heterocycles. The van der Waals surface area contributed by atoms with Crippen LogP contribution in [0.25, 0.3) is 10.4 Å². The van der Waals surface area contributed by atoms with Gasteiger partial charge in [-0.25, -0.2) is 4.98 Å². The maximum atomic E-state index is 13.6. The minimum Gasteiger partial charge on any atom is -0.508 e. The number of phenolic OH excluding ortho intramolecular Hbond substituents is 1. The van der Waals surface area contributed by atoms with Gasteiger partial charge in [-0.05, 0) is 49.7 Å². The van der Waals surface area contributed by atoms with Crippen LogP contribution in [0.2, 0.25) is 0 Å². The Balaban J connectivity index is 1.42. The molecule has 2 atom stereocenters. The maximum Gasteiger partial charge on any atom is 0.246 e. The SMILES string of the molecule is Cc1ncsc1-c1ccc(CNC(=O)C2CCCN2C(=O)C(NC(=O)C2(C)CC2)C(C)(C)C)c(O)c1. The molecule has 3 amide bonds. The van der Waals surface area contributed by atoms with E-state index in [0.717, 1.165) is 35.4 Å². The molecule has 194 valence electrons. The predicted molar refractivity (Wildman–Crippen MR) is 139 cm³/mol. The molecule has 4 rings (SSSR count). The van der Waals surface area contributed by atoms with E-state index in [2.05, 4.69) is 15.6 Å². The lowest BCUT2D eigenvalue weighted by molar-refractivity contribution is -0.144. The molecule has 2 fully saturated rings. The molecule has 2 heterocycles. The Hall–Kier alpha value is -2.94. The minimum absolute atomic E-state index is 0.0941. The van der Waals surface area contributed by atoms with E-state index >= 15 is 0 Å². The van der Waals surface area contributed by atoms with Gasteiger partial charge in [-0.15, -0.1) is 11.3 Å². The molecular formula is C27H36N4O4S. The number of thiazole rings is 1. The molecule has 0 bridgehead atoms. The van der Waals surface area contributed by atoms with Crippen molar-refractivity contribution in [3.63, 3.8) is 0 Å². The number of amides is 3. The van der Waals surface area contributed by atoms with E-state index in [1.165, 1.54) is 11.3 Å². The van der Waals surface area contributed by atoms with Crippen LogP contribution in [-0.4, -0.2) is 51.3 Å². The molecule has 0 spiro atoms. The summed E-state index contributed by atoms with van der Waals surface area (Å²) < 4.78 is 0. The lowest BCUT2D eigenvalue weighted by atomic mass is 9.85. The quantitative estimate of drug-likeness (QED) is 0.523. The molecule has 8 nitrogen and oxygen atoms in total. The van der Waals surface area contributed by atoms with Gasteiger partial charge >= 0.3 is 0 Å². The van der Waals surface area contributed by atoms with Crippen molar-refractivity contribution < 1.29 is 19.5 Å². The van der Waals surface area contributed by atoms with Gasteiger partial charge in [0.15, 0.2) is 0 Å². The molecule has 1 aromatic carbocycles. The number of hydrogen-bond acceptors (Lipinski definition) is 6. The molecule has 1 aliphatic heterocycles. The number of carbonyl (C=O) groups excluding carboxylic acids is 3. The van der Waals surface area contributed by atoms with Crippen molar-refractivity contribution in [2.24, 2.45) is 10.8 Å². The Kier molecular flexibility index (Phi) is 7.14. The van der Waals surface area contributed by atoms with Gasteiger partial charge in [0.2, 0.25) is 17.7 Å². The number of aromatic nitrogens is 1. The number of nitrogens with zero attached hydrogens (tertiary/aromatic N) is 2. The number of rotatable bonds is 7. The van der Waals surface area contributed by atoms with Crippen LogP contribution in [0.5, 0.6) is 5.75 Å². The summed E-state index contributed by atoms with van der Waals surface area (Å²) in [5.74, 6) is -0.465. The van der Waals surface area contributed by atoms with E-state index in [1.54, 1.807) is 22.5 Å². The van der Waals surface area contributed by atoms with E-state index in [-0.39, 0.29) is 35.4 Å². The highest BCUT2D eigenvalue weighted by Crippen LogP contribution is 2.45. The number of aryl methyl sites for hydroxylation is 1. The Morgan fingerprint density at radius 1 is 1.28 bits per heavy atom. The van der Waals surface area contributed by atoms with Gasteiger partial charge in [-0.3, -0.25) is 14.4 Å². The van der Waals surface area contributed by atoms with E-state index in [4.69, 9.17) is 0 Å². The molecule has 1 aliphatic carbocycles. The highest BCUT2D eigenvalue weighted by atomic mass is 32.1. The smallest absolute Gasteiger partial charge is 0.246 e. The number of likely N-dealkylation sites (tertiary alicyclic amines) is 1. The fourth-order valence-corrected chi connectivity index (χ4v) is 5.37. The molecule has 2 aliphatic rings. The lowest BCUT2D eigenvalue weighted by Gasteiger charge is -2.36. The summed E-state index contributed by atoms with van der Waals surface area (Å²) in [5, 5.41) is 16.4. The van der Waals surface area contributed by atoms with Crippen LogP contribution in [0, 0.1) is 17.8 Å². The molecule has 2 aromatic rings. The zero-order chi connectivity index (χ0) is 26.3. The second kappa shape index (κ2) is 9.84. The molecule has 36 heavy (non-hydrogen) atoms. The fourth-order valence-electron chi connectivity index (χ4n) is 4.57. The third-order valence-corrected chi connectivity index (χ3v) is 8.30. The number of aromatic hydroxyl groups is 1. The van der Waals surface area contributed by atoms with Gasteiger partial charge < -0.3 is 20.6 Å². The zero-order valence-corrected chi connectivity index (χ0v) is 22.5. The summed E-state index contributed by atoms with van der Waals surface area (Å²) in [6.07, 6.45) is 2.95. The Morgan fingerprint density at radius 3 is 2.58 bits per heavy atom. The van der Waals surface area contributed by atoms with Crippen LogP contribution in [0.4, 0.5) is 0 Å². The van der Waals surface area contributed by atoms with Crippen molar-refractivity contribution >= 4 is 29.1 Å². The van der Waals surface area contributed by atoms with Crippen LogP contribution in [0.3, 0.4) is 0 Å². The van der Waals surface area contributed by atoms with Gasteiger partial charge in [0, 0.05) is 24.1 Å². The monoisotopic (exact) mass is 512 g/mol. The summed E-state index contributed by atoms with van der Waals surface area (Å²) in [6.45, 7) is 10.3. The number of nitrogens with one attached hydrogen (secondary N) is 2. The van der Waals surface area contributed by atoms with E-state index in [9.17, 15) is 19.5 Å². The van der Waals surface area contributed by atoms with Crippen molar-refractivity contribution in [1.29, 1.82) is 0 Å². The average molecular weight is 513 g/mol. The van der Waals surface area contributed by atoms with Gasteiger partial charge in [0.1, 0.15) is 17.8 Å². The first-order chi connectivity index (χ1) is 16.9. The summed E-state index contributed by atoms with van der Waals surface area (Å²) in [6, 6.07) is 4.08. The van der Waals surface area contributed by atoms with Crippen LogP contribution < -0.4 is 10.6 Å². The van der Waals surface area contributed by atoms with Gasteiger partial charge in [-0.2, -0.15) is 0 Å². The summed E-state index contributed by atoms with van der Waals surface area (Å²) >= 11 is 1.51. The van der Waals surface area contributed by atoms with E-state index < -0.39 is 17.5 Å². The Bertz CT molecular complexity index is 1160. The number of benzene rings is 1. The van der Waals surface area contributed by atoms with Crippen LogP contribution in [0.1, 0.15) is 64.6 Å². The predicted octanol–water partition coefficient (Wildman–Crippen LogP) is 3.76. The van der Waals surface area contributed by atoms with Crippen LogP contribution in [-0.2, 0) is 20.9 Å². The first-order valence-corrected chi connectivity index (χ1v) is 13.4. The number of hydrogen-bond donors (Lipinski definition) is 3. The number of phenols is 1. The molecule has 1 aromatic heterocycles. The molecule has 9 heteroatoms. The third-order valence-electron chi connectivity index (χ3n) is 7.32. The molecule has 2 unspecified atom stereocenters. The fraction of sp³-hybridized carbons (Fsp3) is 0.556. The highest BCUT2D eigenvalue weighted by molar-refractivity contribution is 7.13. The van der Waals surface area contributed by atoms with E-state index in [0.29, 0.717) is 18.5 Å². The number of carbonyl (C=O) groups is 3. The first kappa shape index (κ1) is 26.1. The highest BCUT2D eigenvalue weighted by Gasteiger charge is 2.48. The van der Waals surface area contributed by atoms with Crippen LogP contribution >= 0.6 is 11.3 Å².